The Balaban J connectivity index is 2.89. The van der Waals surface area contributed by atoms with Gasteiger partial charge in [0.2, 0.25) is 0 Å². The van der Waals surface area contributed by atoms with Gasteiger partial charge in [0.15, 0.2) is 0 Å². The van der Waals surface area contributed by atoms with Crippen molar-refractivity contribution in [2.24, 2.45) is 4.99 Å². The molecule has 0 aliphatic carbocycles. The van der Waals surface area contributed by atoms with E-state index in [0.717, 1.165) is 0 Å². The van der Waals surface area contributed by atoms with Gasteiger partial charge in [-0.15, -0.1) is 0 Å². The molecule has 1 heterocycles. The standard InChI is InChI=1S/C5H7N2OSe/c1-5(2)3(8)6-4(9)7-5/h1-2H3,(H,6,7,8). The topological polar surface area (TPSA) is 41.5 Å². The van der Waals surface area contributed by atoms with Crippen LogP contribution in [0.4, 0.5) is 0 Å². The summed E-state index contributed by atoms with van der Waals surface area (Å²) < 4.78 is 0.588. The van der Waals surface area contributed by atoms with Crippen molar-refractivity contribution in [3.63, 3.8) is 0 Å². The monoisotopic (exact) mass is 191 g/mol. The quantitative estimate of drug-likeness (QED) is 0.510. The Morgan fingerprint density at radius 2 is 2.22 bits per heavy atom. The molecule has 1 aliphatic rings. The first kappa shape index (κ1) is 6.77. The molecule has 9 heavy (non-hydrogen) atoms. The van der Waals surface area contributed by atoms with Crippen molar-refractivity contribution in [1.29, 1.82) is 0 Å². The molecule has 0 unspecified atom stereocenters. The van der Waals surface area contributed by atoms with Crippen LogP contribution in [0, 0.1) is 0 Å². The van der Waals surface area contributed by atoms with E-state index in [2.05, 4.69) is 26.3 Å². The number of amidine groups is 1. The van der Waals surface area contributed by atoms with Gasteiger partial charge in [0.1, 0.15) is 0 Å². The summed E-state index contributed by atoms with van der Waals surface area (Å²) in [5.74, 6) is -0.0451. The van der Waals surface area contributed by atoms with E-state index in [9.17, 15) is 4.79 Å². The minimum atomic E-state index is -0.569. The Hall–Kier alpha value is -0.341. The Morgan fingerprint density at radius 1 is 1.67 bits per heavy atom. The first-order valence-corrected chi connectivity index (χ1v) is 3.46. The van der Waals surface area contributed by atoms with Crippen LogP contribution in [0.1, 0.15) is 13.8 Å². The van der Waals surface area contributed by atoms with Crippen molar-refractivity contribution < 1.29 is 4.79 Å². The molecule has 1 N–H and O–H groups in total. The van der Waals surface area contributed by atoms with Gasteiger partial charge in [-0.25, -0.2) is 0 Å². The molecule has 0 aromatic heterocycles. The van der Waals surface area contributed by atoms with Gasteiger partial charge in [0.25, 0.3) is 0 Å². The Bertz CT molecular complexity index is 185. The van der Waals surface area contributed by atoms with E-state index in [-0.39, 0.29) is 5.91 Å². The molecule has 49 valence electrons. The summed E-state index contributed by atoms with van der Waals surface area (Å²) in [6.07, 6.45) is 0. The molecule has 3 nitrogen and oxygen atoms in total. The SMILES string of the molecule is CC1(C)N=C([Se])NC1=O. The summed E-state index contributed by atoms with van der Waals surface area (Å²) in [4.78, 5) is 14.9. The van der Waals surface area contributed by atoms with Gasteiger partial charge in [-0.1, -0.05) is 0 Å². The van der Waals surface area contributed by atoms with E-state index in [4.69, 9.17) is 0 Å². The predicted molar refractivity (Wildman–Crippen MR) is 35.4 cm³/mol. The zero-order valence-corrected chi connectivity index (χ0v) is 6.98. The molecule has 1 amide bonds. The molecule has 0 atom stereocenters. The molecule has 0 saturated heterocycles. The third-order valence-corrected chi connectivity index (χ3v) is 1.56. The van der Waals surface area contributed by atoms with Gasteiger partial charge < -0.3 is 0 Å². The maximum absolute atomic E-state index is 10.9. The van der Waals surface area contributed by atoms with E-state index < -0.39 is 5.54 Å². The molecule has 0 fully saturated rings. The van der Waals surface area contributed by atoms with Gasteiger partial charge in [-0.2, -0.15) is 0 Å². The van der Waals surface area contributed by atoms with Crippen molar-refractivity contribution in [3.05, 3.63) is 0 Å². The number of nitrogens with zero attached hydrogens (tertiary/aromatic N) is 1. The fraction of sp³-hybridized carbons (Fsp3) is 0.600. The molecule has 4 heteroatoms. The van der Waals surface area contributed by atoms with Crippen LogP contribution in [-0.2, 0) is 4.79 Å². The van der Waals surface area contributed by atoms with Crippen molar-refractivity contribution in [1.82, 2.24) is 5.32 Å². The minimum absolute atomic E-state index is 0.0451. The molecule has 0 spiro atoms. The first-order valence-electron chi connectivity index (χ1n) is 2.61. The fourth-order valence-corrected chi connectivity index (χ4v) is 1.26. The second-order valence-electron chi connectivity index (χ2n) is 2.43. The van der Waals surface area contributed by atoms with Crippen LogP contribution in [0.25, 0.3) is 0 Å². The third-order valence-electron chi connectivity index (χ3n) is 1.16. The molecule has 0 aromatic carbocycles. The van der Waals surface area contributed by atoms with Gasteiger partial charge in [0.05, 0.1) is 0 Å². The van der Waals surface area contributed by atoms with Crippen LogP contribution in [0.3, 0.4) is 0 Å². The molecular weight excluding hydrogens is 183 g/mol. The van der Waals surface area contributed by atoms with Crippen molar-refractivity contribution in [2.75, 3.05) is 0 Å². The molecule has 0 aromatic rings. The summed E-state index contributed by atoms with van der Waals surface area (Å²) in [7, 11) is 0. The second-order valence-corrected chi connectivity index (χ2v) is 3.24. The van der Waals surface area contributed by atoms with E-state index in [1.54, 1.807) is 13.8 Å². The van der Waals surface area contributed by atoms with Gasteiger partial charge >= 0.3 is 61.1 Å². The van der Waals surface area contributed by atoms with E-state index >= 15 is 0 Å². The van der Waals surface area contributed by atoms with Crippen molar-refractivity contribution in [3.8, 4) is 0 Å². The van der Waals surface area contributed by atoms with Gasteiger partial charge in [0, 0.05) is 0 Å². The van der Waals surface area contributed by atoms with E-state index in [1.807, 2.05) is 0 Å². The van der Waals surface area contributed by atoms with Crippen LogP contribution in [0.5, 0.6) is 0 Å². The Kier molecular flexibility index (Phi) is 1.37. The van der Waals surface area contributed by atoms with Crippen molar-refractivity contribution in [2.45, 2.75) is 19.4 Å². The number of rotatable bonds is 0. The maximum atomic E-state index is 10.9. The second kappa shape index (κ2) is 1.82. The Labute approximate surface area is 61.7 Å². The van der Waals surface area contributed by atoms with E-state index in [0.29, 0.717) is 4.73 Å². The van der Waals surface area contributed by atoms with Gasteiger partial charge in [-0.05, 0) is 0 Å². The third kappa shape index (κ3) is 1.14. The number of carbonyl (C=O) groups is 1. The summed E-state index contributed by atoms with van der Waals surface area (Å²) in [5, 5.41) is 2.56. The average molecular weight is 190 g/mol. The summed E-state index contributed by atoms with van der Waals surface area (Å²) in [6, 6.07) is 0. The summed E-state index contributed by atoms with van der Waals surface area (Å²) in [5.41, 5.74) is -0.569. The summed E-state index contributed by atoms with van der Waals surface area (Å²) >= 11 is 2.64. The van der Waals surface area contributed by atoms with E-state index in [1.165, 1.54) is 0 Å². The first-order chi connectivity index (χ1) is 4.02. The zero-order valence-electron chi connectivity index (χ0n) is 5.26. The Morgan fingerprint density at radius 3 is 2.33 bits per heavy atom. The molecule has 1 radical (unpaired) electrons. The van der Waals surface area contributed by atoms with Crippen LogP contribution >= 0.6 is 0 Å². The molecule has 0 saturated carbocycles. The zero-order chi connectivity index (χ0) is 7.07. The van der Waals surface area contributed by atoms with Gasteiger partial charge in [-0.3, -0.25) is 0 Å². The number of hydrogen-bond acceptors (Lipinski definition) is 2. The van der Waals surface area contributed by atoms with Crippen LogP contribution < -0.4 is 5.32 Å². The fourth-order valence-electron chi connectivity index (χ4n) is 0.583. The average Bonchev–Trinajstić information content (AvgIpc) is 1.79. The normalized spacial score (nSPS) is 23.3. The molecule has 1 rings (SSSR count). The van der Waals surface area contributed by atoms with Crippen LogP contribution in [-0.4, -0.2) is 32.2 Å². The number of nitrogens with one attached hydrogen (secondary N) is 1. The summed E-state index contributed by atoms with van der Waals surface area (Å²) in [6.45, 7) is 3.54. The van der Waals surface area contributed by atoms with Crippen LogP contribution in [0.2, 0.25) is 0 Å². The number of carbonyl (C=O) groups excluding carboxylic acids is 1. The molecule has 0 bridgehead atoms. The predicted octanol–water partition coefficient (Wildman–Crippen LogP) is -0.581. The number of aliphatic imine (C=N–C) groups is 1. The number of amides is 1. The molecule has 1 aliphatic heterocycles. The number of hydrogen-bond donors (Lipinski definition) is 1. The van der Waals surface area contributed by atoms with Crippen LogP contribution in [0.15, 0.2) is 4.99 Å². The van der Waals surface area contributed by atoms with Crippen molar-refractivity contribution >= 4 is 26.7 Å². The molecular formula is C5H7N2OSe.